The summed E-state index contributed by atoms with van der Waals surface area (Å²) in [5, 5.41) is 4.46. The molecule has 0 heterocycles. The highest BCUT2D eigenvalue weighted by molar-refractivity contribution is 6.35. The quantitative estimate of drug-likeness (QED) is 0.340. The molecule has 0 aromatic heterocycles. The second kappa shape index (κ2) is 12.8. The molecule has 0 fully saturated rings. The topological polar surface area (TPSA) is 49.4 Å². The van der Waals surface area contributed by atoms with Gasteiger partial charge in [0.15, 0.2) is 0 Å². The summed E-state index contributed by atoms with van der Waals surface area (Å²) in [6.07, 6.45) is 1.06. The Kier molecular flexibility index (Phi) is 9.82. The van der Waals surface area contributed by atoms with Crippen LogP contribution < -0.4 is 5.32 Å². The van der Waals surface area contributed by atoms with Gasteiger partial charge in [-0.25, -0.2) is 0 Å². The lowest BCUT2D eigenvalue weighted by Gasteiger charge is -2.32. The number of halogens is 3. The molecule has 1 N–H and O–H groups in total. The Hall–Kier alpha value is -2.53. The summed E-state index contributed by atoms with van der Waals surface area (Å²) in [5.41, 5.74) is 2.57. The van der Waals surface area contributed by atoms with Crippen molar-refractivity contribution < 1.29 is 9.59 Å². The van der Waals surface area contributed by atoms with Gasteiger partial charge in [0, 0.05) is 41.0 Å². The highest BCUT2D eigenvalue weighted by Crippen LogP contribution is 2.25. The molecule has 0 aliphatic carbocycles. The predicted molar refractivity (Wildman–Crippen MR) is 139 cm³/mol. The van der Waals surface area contributed by atoms with Crippen molar-refractivity contribution in [3.63, 3.8) is 0 Å². The molecule has 3 aromatic rings. The molecule has 0 saturated carbocycles. The fourth-order valence-corrected chi connectivity index (χ4v) is 4.46. The van der Waals surface area contributed by atoms with Crippen molar-refractivity contribution in [2.75, 3.05) is 6.54 Å². The van der Waals surface area contributed by atoms with E-state index in [1.54, 1.807) is 29.2 Å². The van der Waals surface area contributed by atoms with Gasteiger partial charge in [0.2, 0.25) is 11.8 Å². The summed E-state index contributed by atoms with van der Waals surface area (Å²) in [7, 11) is 0. The van der Waals surface area contributed by atoms with E-state index in [-0.39, 0.29) is 24.8 Å². The number of carbonyl (C=O) groups excluding carboxylic acids is 2. The van der Waals surface area contributed by atoms with E-state index in [4.69, 9.17) is 34.8 Å². The van der Waals surface area contributed by atoms with E-state index in [0.717, 1.165) is 16.7 Å². The molecular weight excluding hydrogens is 491 g/mol. The summed E-state index contributed by atoms with van der Waals surface area (Å²) < 4.78 is 0. The summed E-state index contributed by atoms with van der Waals surface area (Å²) in [4.78, 5) is 28.4. The van der Waals surface area contributed by atoms with Gasteiger partial charge < -0.3 is 10.2 Å². The van der Waals surface area contributed by atoms with Gasteiger partial charge in [-0.3, -0.25) is 9.59 Å². The third-order valence-corrected chi connectivity index (χ3v) is 6.50. The number of nitrogens with one attached hydrogen (secondary N) is 1. The van der Waals surface area contributed by atoms with Crippen LogP contribution in [0.3, 0.4) is 0 Å². The van der Waals surface area contributed by atoms with Crippen LogP contribution in [0.1, 0.15) is 30.0 Å². The van der Waals surface area contributed by atoms with Gasteiger partial charge in [0.05, 0.1) is 0 Å². The van der Waals surface area contributed by atoms with Crippen LogP contribution in [0.15, 0.2) is 72.8 Å². The number of hydrogen-bond acceptors (Lipinski definition) is 2. The molecule has 4 nitrogen and oxygen atoms in total. The monoisotopic (exact) mass is 516 g/mol. The van der Waals surface area contributed by atoms with Gasteiger partial charge in [-0.2, -0.15) is 0 Å². The van der Waals surface area contributed by atoms with Crippen molar-refractivity contribution in [1.82, 2.24) is 10.2 Å². The standard InChI is InChI=1S/C27H27Cl3N2O2/c1-2-31-27(34)25(16-19-8-4-3-5-9-19)32(18-21-12-14-22(28)17-24(21)30)26(33)15-13-20-10-6-7-11-23(20)29/h3-12,14,17,25H,2,13,15-16,18H2,1H3,(H,31,34). The number of aryl methyl sites for hydroxylation is 1. The van der Waals surface area contributed by atoms with Crippen molar-refractivity contribution in [3.05, 3.63) is 105 Å². The Morgan fingerprint density at radius 3 is 2.26 bits per heavy atom. The Balaban J connectivity index is 1.93. The van der Waals surface area contributed by atoms with Crippen molar-refractivity contribution in [1.29, 1.82) is 0 Å². The molecule has 1 atom stereocenters. The highest BCUT2D eigenvalue weighted by atomic mass is 35.5. The van der Waals surface area contributed by atoms with E-state index in [0.29, 0.717) is 34.5 Å². The minimum absolute atomic E-state index is 0.155. The maximum Gasteiger partial charge on any atom is 0.243 e. The summed E-state index contributed by atoms with van der Waals surface area (Å²) in [5.74, 6) is -0.361. The molecule has 0 spiro atoms. The molecule has 178 valence electrons. The predicted octanol–water partition coefficient (Wildman–Crippen LogP) is 6.36. The second-order valence-corrected chi connectivity index (χ2v) is 9.20. The number of benzene rings is 3. The van der Waals surface area contributed by atoms with Crippen LogP contribution in [0.2, 0.25) is 15.1 Å². The van der Waals surface area contributed by atoms with Gasteiger partial charge in [-0.15, -0.1) is 0 Å². The normalized spacial score (nSPS) is 11.6. The SMILES string of the molecule is CCNC(=O)C(Cc1ccccc1)N(Cc1ccc(Cl)cc1Cl)C(=O)CCc1ccccc1Cl. The molecule has 0 aliphatic heterocycles. The second-order valence-electron chi connectivity index (χ2n) is 7.95. The van der Waals surface area contributed by atoms with Crippen molar-refractivity contribution in [2.24, 2.45) is 0 Å². The largest absolute Gasteiger partial charge is 0.355 e. The zero-order valence-corrected chi connectivity index (χ0v) is 21.2. The molecule has 0 saturated heterocycles. The third-order valence-electron chi connectivity index (χ3n) is 5.54. The van der Waals surface area contributed by atoms with E-state index in [9.17, 15) is 9.59 Å². The van der Waals surface area contributed by atoms with E-state index >= 15 is 0 Å². The summed E-state index contributed by atoms with van der Waals surface area (Å²) in [6.45, 7) is 2.51. The van der Waals surface area contributed by atoms with Crippen LogP contribution >= 0.6 is 34.8 Å². The number of likely N-dealkylation sites (N-methyl/N-ethyl adjacent to an activating group) is 1. The van der Waals surface area contributed by atoms with E-state index < -0.39 is 6.04 Å². The average Bonchev–Trinajstić information content (AvgIpc) is 2.82. The maximum absolute atomic E-state index is 13.6. The first kappa shape index (κ1) is 26.1. The minimum atomic E-state index is -0.701. The number of amides is 2. The summed E-state index contributed by atoms with van der Waals surface area (Å²) >= 11 is 18.8. The van der Waals surface area contributed by atoms with Gasteiger partial charge in [-0.05, 0) is 48.2 Å². The number of carbonyl (C=O) groups is 2. The zero-order chi connectivity index (χ0) is 24.5. The number of hydrogen-bond donors (Lipinski definition) is 1. The molecule has 0 bridgehead atoms. The molecular formula is C27H27Cl3N2O2. The van der Waals surface area contributed by atoms with Crippen molar-refractivity contribution in [3.8, 4) is 0 Å². The van der Waals surface area contributed by atoms with Crippen LogP contribution in [0.5, 0.6) is 0 Å². The van der Waals surface area contributed by atoms with Crippen molar-refractivity contribution in [2.45, 2.75) is 38.8 Å². The van der Waals surface area contributed by atoms with E-state index in [1.165, 1.54) is 0 Å². The fourth-order valence-electron chi connectivity index (χ4n) is 3.77. The Bertz CT molecular complexity index is 1120. The zero-order valence-electron chi connectivity index (χ0n) is 18.9. The van der Waals surface area contributed by atoms with Gasteiger partial charge in [0.1, 0.15) is 6.04 Å². The maximum atomic E-state index is 13.6. The van der Waals surface area contributed by atoms with Gasteiger partial charge in [0.25, 0.3) is 0 Å². The fraction of sp³-hybridized carbons (Fsp3) is 0.259. The molecule has 2 amide bonds. The Labute approximate surface area is 215 Å². The van der Waals surface area contributed by atoms with Gasteiger partial charge >= 0.3 is 0 Å². The first-order chi connectivity index (χ1) is 16.4. The molecule has 1 unspecified atom stereocenters. The molecule has 34 heavy (non-hydrogen) atoms. The Morgan fingerprint density at radius 1 is 0.882 bits per heavy atom. The van der Waals surface area contributed by atoms with Crippen LogP contribution in [-0.4, -0.2) is 29.3 Å². The number of nitrogens with zero attached hydrogens (tertiary/aromatic N) is 1. The molecule has 3 aromatic carbocycles. The first-order valence-corrected chi connectivity index (χ1v) is 12.3. The van der Waals surface area contributed by atoms with E-state index in [2.05, 4.69) is 5.32 Å². The van der Waals surface area contributed by atoms with Crippen LogP contribution in [0.4, 0.5) is 0 Å². The first-order valence-electron chi connectivity index (χ1n) is 11.2. The average molecular weight is 518 g/mol. The molecule has 7 heteroatoms. The molecule has 0 radical (unpaired) electrons. The van der Waals surface area contributed by atoms with Crippen LogP contribution in [-0.2, 0) is 29.0 Å². The third kappa shape index (κ3) is 7.23. The summed E-state index contributed by atoms with van der Waals surface area (Å²) in [6, 6.07) is 21.6. The highest BCUT2D eigenvalue weighted by Gasteiger charge is 2.30. The van der Waals surface area contributed by atoms with Gasteiger partial charge in [-0.1, -0.05) is 89.4 Å². The molecule has 0 aliphatic rings. The van der Waals surface area contributed by atoms with Crippen LogP contribution in [0, 0.1) is 0 Å². The lowest BCUT2D eigenvalue weighted by atomic mass is 10.0. The minimum Gasteiger partial charge on any atom is -0.355 e. The van der Waals surface area contributed by atoms with E-state index in [1.807, 2.05) is 55.5 Å². The lowest BCUT2D eigenvalue weighted by Crippen LogP contribution is -2.50. The Morgan fingerprint density at radius 2 is 1.59 bits per heavy atom. The molecule has 3 rings (SSSR count). The number of rotatable bonds is 10. The van der Waals surface area contributed by atoms with Crippen molar-refractivity contribution >= 4 is 46.6 Å². The smallest absolute Gasteiger partial charge is 0.243 e. The lowest BCUT2D eigenvalue weighted by molar-refractivity contribution is -0.141. The van der Waals surface area contributed by atoms with Crippen LogP contribution in [0.25, 0.3) is 0 Å².